The van der Waals surface area contributed by atoms with Crippen LogP contribution in [0.1, 0.15) is 5.56 Å². The summed E-state index contributed by atoms with van der Waals surface area (Å²) < 4.78 is 36.4. The SMILES string of the molecule is CNS(=O)(=O)c1cc(/C=C/C(=O)OCC(=O)N(C)c2ccccc2)ccc1OC. The van der Waals surface area contributed by atoms with Gasteiger partial charge in [0.05, 0.1) is 7.11 Å². The maximum absolute atomic E-state index is 12.1. The molecule has 0 heterocycles. The molecule has 0 aromatic heterocycles. The minimum Gasteiger partial charge on any atom is -0.495 e. The van der Waals surface area contributed by atoms with Crippen molar-refractivity contribution in [1.29, 1.82) is 0 Å². The molecule has 0 atom stereocenters. The fraction of sp³-hybridized carbons (Fsp3) is 0.200. The molecule has 0 fully saturated rings. The Morgan fingerprint density at radius 1 is 1.14 bits per heavy atom. The second-order valence-corrected chi connectivity index (χ2v) is 7.70. The monoisotopic (exact) mass is 418 g/mol. The summed E-state index contributed by atoms with van der Waals surface area (Å²) >= 11 is 0. The molecule has 0 aliphatic carbocycles. The highest BCUT2D eigenvalue weighted by molar-refractivity contribution is 7.89. The number of para-hydroxylation sites is 1. The summed E-state index contributed by atoms with van der Waals surface area (Å²) in [6.07, 6.45) is 2.51. The van der Waals surface area contributed by atoms with Crippen LogP contribution in [0.3, 0.4) is 0 Å². The van der Waals surface area contributed by atoms with Crippen molar-refractivity contribution in [3.8, 4) is 5.75 Å². The predicted molar refractivity (Wildman–Crippen MR) is 109 cm³/mol. The van der Waals surface area contributed by atoms with Gasteiger partial charge in [-0.1, -0.05) is 24.3 Å². The summed E-state index contributed by atoms with van der Waals surface area (Å²) in [6.45, 7) is -0.420. The Morgan fingerprint density at radius 3 is 2.45 bits per heavy atom. The lowest BCUT2D eigenvalue weighted by molar-refractivity contribution is -0.142. The van der Waals surface area contributed by atoms with Gasteiger partial charge in [0.1, 0.15) is 10.6 Å². The number of rotatable bonds is 8. The van der Waals surface area contributed by atoms with E-state index in [0.29, 0.717) is 11.3 Å². The molecule has 29 heavy (non-hydrogen) atoms. The number of carbonyl (C=O) groups is 2. The van der Waals surface area contributed by atoms with Gasteiger partial charge < -0.3 is 14.4 Å². The molecule has 0 unspecified atom stereocenters. The van der Waals surface area contributed by atoms with E-state index >= 15 is 0 Å². The van der Waals surface area contributed by atoms with E-state index in [1.807, 2.05) is 6.07 Å². The van der Waals surface area contributed by atoms with Crippen LogP contribution >= 0.6 is 0 Å². The van der Waals surface area contributed by atoms with Gasteiger partial charge >= 0.3 is 5.97 Å². The fourth-order valence-corrected chi connectivity index (χ4v) is 3.28. The molecule has 8 nitrogen and oxygen atoms in total. The Balaban J connectivity index is 2.02. The first-order valence-electron chi connectivity index (χ1n) is 8.56. The maximum Gasteiger partial charge on any atom is 0.331 e. The van der Waals surface area contributed by atoms with E-state index in [1.54, 1.807) is 37.4 Å². The third-order valence-corrected chi connectivity index (χ3v) is 5.45. The Bertz CT molecular complexity index is 1000. The number of nitrogens with zero attached hydrogens (tertiary/aromatic N) is 1. The zero-order valence-corrected chi connectivity index (χ0v) is 17.1. The fourth-order valence-electron chi connectivity index (χ4n) is 2.35. The number of hydrogen-bond acceptors (Lipinski definition) is 6. The lowest BCUT2D eigenvalue weighted by Gasteiger charge is -2.16. The van der Waals surface area contributed by atoms with E-state index in [1.165, 1.54) is 37.3 Å². The highest BCUT2D eigenvalue weighted by Crippen LogP contribution is 2.25. The molecule has 0 saturated carbocycles. The molecule has 9 heteroatoms. The summed E-state index contributed by atoms with van der Waals surface area (Å²) in [7, 11) is 0.502. The van der Waals surface area contributed by atoms with Gasteiger partial charge in [0.25, 0.3) is 5.91 Å². The standard InChI is InChI=1S/C20H22N2O6S/c1-21-29(25,26)18-13-15(9-11-17(18)27-3)10-12-20(24)28-14-19(23)22(2)16-7-5-4-6-8-16/h4-13,21H,14H2,1-3H3/b12-10+. The molecular formula is C20H22N2O6S. The minimum absolute atomic E-state index is 0.0577. The average Bonchev–Trinajstić information content (AvgIpc) is 2.75. The van der Waals surface area contributed by atoms with Crippen molar-refractivity contribution in [1.82, 2.24) is 4.72 Å². The van der Waals surface area contributed by atoms with Crippen molar-refractivity contribution < 1.29 is 27.5 Å². The number of sulfonamides is 1. The summed E-state index contributed by atoms with van der Waals surface area (Å²) in [5.41, 5.74) is 1.13. The molecule has 0 aliphatic heterocycles. The Hall–Kier alpha value is -3.17. The lowest BCUT2D eigenvalue weighted by Crippen LogP contribution is -2.30. The van der Waals surface area contributed by atoms with E-state index in [4.69, 9.17) is 9.47 Å². The summed E-state index contributed by atoms with van der Waals surface area (Å²) in [5.74, 6) is -0.938. The molecular weight excluding hydrogens is 396 g/mol. The first-order chi connectivity index (χ1) is 13.8. The van der Waals surface area contributed by atoms with Crippen LogP contribution in [0.25, 0.3) is 6.08 Å². The van der Waals surface area contributed by atoms with Crippen LogP contribution in [0.4, 0.5) is 5.69 Å². The zero-order chi connectivity index (χ0) is 21.4. The van der Waals surface area contributed by atoms with Crippen LogP contribution in [0.5, 0.6) is 5.75 Å². The molecule has 1 N–H and O–H groups in total. The van der Waals surface area contributed by atoms with Gasteiger partial charge in [0.2, 0.25) is 10.0 Å². The molecule has 1 amide bonds. The first-order valence-corrected chi connectivity index (χ1v) is 10.0. The molecule has 2 aromatic rings. The predicted octanol–water partition coefficient (Wildman–Crippen LogP) is 1.82. The summed E-state index contributed by atoms with van der Waals surface area (Å²) in [4.78, 5) is 25.4. The Kier molecular flexibility index (Phi) is 7.52. The first kappa shape index (κ1) is 22.1. The largest absolute Gasteiger partial charge is 0.495 e. The van der Waals surface area contributed by atoms with Gasteiger partial charge in [-0.15, -0.1) is 0 Å². The van der Waals surface area contributed by atoms with Crippen molar-refractivity contribution in [2.24, 2.45) is 0 Å². The average molecular weight is 418 g/mol. The quantitative estimate of drug-likeness (QED) is 0.518. The van der Waals surface area contributed by atoms with Gasteiger partial charge in [0.15, 0.2) is 6.61 Å². The second kappa shape index (κ2) is 9.85. The smallest absolute Gasteiger partial charge is 0.331 e. The van der Waals surface area contributed by atoms with Crippen LogP contribution in [-0.2, 0) is 24.3 Å². The zero-order valence-electron chi connectivity index (χ0n) is 16.3. The number of likely N-dealkylation sites (N-methyl/N-ethyl adjacent to an activating group) is 1. The number of anilines is 1. The topological polar surface area (TPSA) is 102 Å². The number of esters is 1. The van der Waals surface area contributed by atoms with Crippen LogP contribution in [0.2, 0.25) is 0 Å². The minimum atomic E-state index is -3.73. The Labute approximate surface area is 169 Å². The van der Waals surface area contributed by atoms with Gasteiger partial charge in [-0.25, -0.2) is 17.9 Å². The third-order valence-electron chi connectivity index (χ3n) is 4.01. The molecule has 2 rings (SSSR count). The second-order valence-electron chi connectivity index (χ2n) is 5.85. The number of hydrogen-bond donors (Lipinski definition) is 1. The van der Waals surface area contributed by atoms with Crippen LogP contribution < -0.4 is 14.4 Å². The van der Waals surface area contributed by atoms with Crippen LogP contribution in [0.15, 0.2) is 59.5 Å². The van der Waals surface area contributed by atoms with Crippen molar-refractivity contribution in [2.75, 3.05) is 32.7 Å². The van der Waals surface area contributed by atoms with E-state index < -0.39 is 22.6 Å². The van der Waals surface area contributed by atoms with Gasteiger partial charge in [-0.2, -0.15) is 0 Å². The van der Waals surface area contributed by atoms with Crippen LogP contribution in [0, 0.1) is 0 Å². The third kappa shape index (κ3) is 5.90. The molecule has 0 aliphatic rings. The van der Waals surface area contributed by atoms with Crippen molar-refractivity contribution >= 4 is 33.7 Å². The molecule has 154 valence electrons. The highest BCUT2D eigenvalue weighted by atomic mass is 32.2. The number of nitrogens with one attached hydrogen (secondary N) is 1. The molecule has 0 radical (unpaired) electrons. The van der Waals surface area contributed by atoms with Crippen molar-refractivity contribution in [3.63, 3.8) is 0 Å². The molecule has 2 aromatic carbocycles. The number of carbonyl (C=O) groups excluding carboxylic acids is 2. The maximum atomic E-state index is 12.1. The molecule has 0 saturated heterocycles. The van der Waals surface area contributed by atoms with E-state index in [9.17, 15) is 18.0 Å². The summed E-state index contributed by atoms with van der Waals surface area (Å²) in [6, 6.07) is 13.4. The van der Waals surface area contributed by atoms with Gasteiger partial charge in [-0.3, -0.25) is 4.79 Å². The Morgan fingerprint density at radius 2 is 1.83 bits per heavy atom. The highest BCUT2D eigenvalue weighted by Gasteiger charge is 2.18. The molecule has 0 spiro atoms. The van der Waals surface area contributed by atoms with Gasteiger partial charge in [0, 0.05) is 18.8 Å². The lowest BCUT2D eigenvalue weighted by atomic mass is 10.2. The number of ether oxygens (including phenoxy) is 2. The molecule has 0 bridgehead atoms. The van der Waals surface area contributed by atoms with Gasteiger partial charge in [-0.05, 0) is 43.0 Å². The van der Waals surface area contributed by atoms with E-state index in [-0.39, 0.29) is 16.6 Å². The summed E-state index contributed by atoms with van der Waals surface area (Å²) in [5, 5.41) is 0. The number of methoxy groups -OCH3 is 1. The van der Waals surface area contributed by atoms with Crippen LogP contribution in [-0.4, -0.2) is 48.1 Å². The van der Waals surface area contributed by atoms with E-state index in [0.717, 1.165) is 6.08 Å². The number of amides is 1. The number of benzene rings is 2. The normalized spacial score (nSPS) is 11.3. The van der Waals surface area contributed by atoms with E-state index in [2.05, 4.69) is 4.72 Å². The van der Waals surface area contributed by atoms with Crippen molar-refractivity contribution in [3.05, 3.63) is 60.2 Å². The van der Waals surface area contributed by atoms with Crippen molar-refractivity contribution in [2.45, 2.75) is 4.90 Å².